The van der Waals surface area contributed by atoms with Gasteiger partial charge >= 0.3 is 12.1 Å². The zero-order valence-electron chi connectivity index (χ0n) is 23.9. The Kier molecular flexibility index (Phi) is 7.24. The molecular weight excluding hydrogens is 591 g/mol. The Bertz CT molecular complexity index is 1910. The van der Waals surface area contributed by atoms with E-state index in [2.05, 4.69) is 11.1 Å². The average molecular weight is 618 g/mol. The zero-order chi connectivity index (χ0) is 32.1. The molecule has 3 aliphatic heterocycles. The normalized spacial score (nSPS) is 25.2. The lowest BCUT2D eigenvalue weighted by atomic mass is 9.67. The highest BCUT2D eigenvalue weighted by Gasteiger charge is 2.73. The first kappa shape index (κ1) is 30.0. The van der Waals surface area contributed by atoms with Gasteiger partial charge in [0.2, 0.25) is 11.8 Å². The van der Waals surface area contributed by atoms with E-state index >= 15 is 0 Å². The molecule has 0 unspecified atom stereocenters. The first-order chi connectivity index (χ1) is 21.4. The van der Waals surface area contributed by atoms with Crippen LogP contribution in [0.4, 0.5) is 18.9 Å². The Balaban J connectivity index is 0.000000460. The summed E-state index contributed by atoms with van der Waals surface area (Å²) >= 11 is 0. The number of ether oxygens (including phenoxy) is 2. The summed E-state index contributed by atoms with van der Waals surface area (Å²) in [4.78, 5) is 42.5. The predicted octanol–water partition coefficient (Wildman–Crippen LogP) is 5.79. The van der Waals surface area contributed by atoms with Crippen LogP contribution >= 0.6 is 0 Å². The molecule has 12 heteroatoms. The third-order valence-electron chi connectivity index (χ3n) is 8.89. The van der Waals surface area contributed by atoms with Gasteiger partial charge in [-0.05, 0) is 56.2 Å². The maximum Gasteiger partial charge on any atom is 0.490 e. The lowest BCUT2D eigenvalue weighted by Gasteiger charge is -2.31. The van der Waals surface area contributed by atoms with Gasteiger partial charge in [0.25, 0.3) is 0 Å². The number of halogens is 3. The number of benzene rings is 3. The van der Waals surface area contributed by atoms with Crippen molar-refractivity contribution in [2.75, 3.05) is 11.5 Å². The quantitative estimate of drug-likeness (QED) is 0.279. The van der Waals surface area contributed by atoms with Crippen LogP contribution in [-0.2, 0) is 19.1 Å². The number of carboxylic acids is 1. The van der Waals surface area contributed by atoms with E-state index in [1.807, 2.05) is 61.5 Å². The number of carbonyl (C=O) groups excluding carboxylic acids is 2. The minimum absolute atomic E-state index is 0.220. The number of fused-ring (bicyclic) bond motifs is 7. The summed E-state index contributed by atoms with van der Waals surface area (Å²) in [6.07, 6.45) is -1.39. The lowest BCUT2D eigenvalue weighted by molar-refractivity contribution is -0.192. The average Bonchev–Trinajstić information content (AvgIpc) is 3.60. The molecule has 3 fully saturated rings. The van der Waals surface area contributed by atoms with Gasteiger partial charge < -0.3 is 14.6 Å². The van der Waals surface area contributed by atoms with E-state index in [9.17, 15) is 28.0 Å². The number of amides is 2. The molecular formula is C33H26F3N3O6. The maximum atomic E-state index is 14.0. The number of hydrogen-bond donors (Lipinski definition) is 1. The van der Waals surface area contributed by atoms with Crippen molar-refractivity contribution in [3.8, 4) is 11.8 Å². The number of anilines is 1. The second-order valence-electron chi connectivity index (χ2n) is 11.5. The molecule has 4 heterocycles. The van der Waals surface area contributed by atoms with E-state index in [0.29, 0.717) is 30.7 Å². The van der Waals surface area contributed by atoms with Gasteiger partial charge in [-0.25, -0.2) is 9.69 Å². The van der Waals surface area contributed by atoms with Crippen LogP contribution in [0.1, 0.15) is 31.7 Å². The number of pyridine rings is 1. The number of carboxylic acid groups (broad SMARTS) is 1. The molecule has 0 saturated carbocycles. The van der Waals surface area contributed by atoms with E-state index in [1.165, 1.54) is 4.90 Å². The standard InChI is InChI=1S/C31H25N3O4.C2HF3O2/c1-30-12-13-31(38-30,14-16-37-21-9-10-24-19(17-21)5-4-15-33-24)27-26(30)28(35)34(29(27)36)25-11-8-20(18-32)22-6-2-3-7-23(22)25;3-2(4,5)1(6)7/h2-11,15,17,26-27H,12-14,16H2,1H3;(H,6,7)/t26-,27+,30-,31-;/m1./s1. The Morgan fingerprint density at radius 3 is 2.49 bits per heavy atom. The summed E-state index contributed by atoms with van der Waals surface area (Å²) < 4.78 is 44.4. The van der Waals surface area contributed by atoms with E-state index in [1.54, 1.807) is 18.3 Å². The summed E-state index contributed by atoms with van der Waals surface area (Å²) in [7, 11) is 0. The number of aliphatic carboxylic acids is 1. The molecule has 4 atom stereocenters. The van der Waals surface area contributed by atoms with E-state index in [0.717, 1.165) is 33.8 Å². The van der Waals surface area contributed by atoms with Crippen molar-refractivity contribution in [2.45, 2.75) is 43.6 Å². The third kappa shape index (κ3) is 5.03. The summed E-state index contributed by atoms with van der Waals surface area (Å²) in [6.45, 7) is 2.33. The molecule has 3 aliphatic rings. The van der Waals surface area contributed by atoms with Gasteiger partial charge in [-0.15, -0.1) is 0 Å². The van der Waals surface area contributed by atoms with E-state index < -0.39 is 35.2 Å². The number of carbonyl (C=O) groups is 3. The summed E-state index contributed by atoms with van der Waals surface area (Å²) in [6, 6.07) is 22.7. The molecule has 4 aromatic rings. The van der Waals surface area contributed by atoms with Crippen LogP contribution in [-0.4, -0.2) is 51.9 Å². The number of nitriles is 1. The largest absolute Gasteiger partial charge is 0.493 e. The summed E-state index contributed by atoms with van der Waals surface area (Å²) in [5, 5.41) is 19.1. The molecule has 3 aromatic carbocycles. The molecule has 2 amide bonds. The fourth-order valence-electron chi connectivity index (χ4n) is 6.91. The van der Waals surface area contributed by atoms with Crippen LogP contribution < -0.4 is 9.64 Å². The Morgan fingerprint density at radius 1 is 1.07 bits per heavy atom. The minimum atomic E-state index is -5.08. The van der Waals surface area contributed by atoms with Gasteiger partial charge in [-0.1, -0.05) is 30.3 Å². The van der Waals surface area contributed by atoms with Gasteiger partial charge in [0.15, 0.2) is 0 Å². The van der Waals surface area contributed by atoms with Crippen LogP contribution in [0.5, 0.6) is 5.75 Å². The molecule has 0 spiro atoms. The number of rotatable bonds is 5. The maximum absolute atomic E-state index is 14.0. The summed E-state index contributed by atoms with van der Waals surface area (Å²) in [5.74, 6) is -3.57. The topological polar surface area (TPSA) is 130 Å². The van der Waals surface area contributed by atoms with E-state index in [4.69, 9.17) is 19.4 Å². The van der Waals surface area contributed by atoms with Gasteiger partial charge in [0, 0.05) is 28.8 Å². The van der Waals surface area contributed by atoms with Crippen LogP contribution in [0, 0.1) is 23.2 Å². The van der Waals surface area contributed by atoms with Crippen LogP contribution in [0.25, 0.3) is 21.7 Å². The molecule has 230 valence electrons. The molecule has 45 heavy (non-hydrogen) atoms. The molecule has 2 bridgehead atoms. The minimum Gasteiger partial charge on any atom is -0.493 e. The Morgan fingerprint density at radius 2 is 1.78 bits per heavy atom. The van der Waals surface area contributed by atoms with Crippen molar-refractivity contribution in [3.05, 3.63) is 78.5 Å². The molecule has 1 aromatic heterocycles. The van der Waals surface area contributed by atoms with Gasteiger partial charge in [-0.3, -0.25) is 14.6 Å². The van der Waals surface area contributed by atoms with Crippen molar-refractivity contribution in [3.63, 3.8) is 0 Å². The molecule has 3 saturated heterocycles. The third-order valence-corrected chi connectivity index (χ3v) is 8.89. The Labute approximate surface area is 254 Å². The molecule has 0 radical (unpaired) electrons. The lowest BCUT2D eigenvalue weighted by Crippen LogP contribution is -2.43. The fraction of sp³-hybridized carbons (Fsp3) is 0.303. The van der Waals surface area contributed by atoms with Crippen LogP contribution in [0.2, 0.25) is 0 Å². The van der Waals surface area contributed by atoms with Crippen molar-refractivity contribution < 1.29 is 42.1 Å². The number of hydrogen-bond acceptors (Lipinski definition) is 7. The number of imide groups is 1. The highest BCUT2D eigenvalue weighted by atomic mass is 19.4. The van der Waals surface area contributed by atoms with Crippen molar-refractivity contribution in [1.29, 1.82) is 5.26 Å². The van der Waals surface area contributed by atoms with Crippen LogP contribution in [0.3, 0.4) is 0 Å². The highest BCUT2D eigenvalue weighted by molar-refractivity contribution is 6.26. The van der Waals surface area contributed by atoms with Crippen molar-refractivity contribution >= 4 is 45.1 Å². The SMILES string of the molecule is C[C@]12CC[C@](CCOc3ccc4ncccc4c3)(O1)[C@@H]1C(=O)N(c3ccc(C#N)c4ccccc34)C(=O)[C@@H]12.O=C(O)C(F)(F)F. The molecule has 7 rings (SSSR count). The van der Waals surface area contributed by atoms with Gasteiger partial charge in [0.1, 0.15) is 5.75 Å². The molecule has 9 nitrogen and oxygen atoms in total. The van der Waals surface area contributed by atoms with Crippen molar-refractivity contribution in [1.82, 2.24) is 4.98 Å². The monoisotopic (exact) mass is 617 g/mol. The van der Waals surface area contributed by atoms with Crippen molar-refractivity contribution in [2.24, 2.45) is 11.8 Å². The zero-order valence-corrected chi connectivity index (χ0v) is 23.9. The predicted molar refractivity (Wildman–Crippen MR) is 155 cm³/mol. The smallest absolute Gasteiger partial charge is 0.490 e. The Hall–Kier alpha value is -5.02. The fourth-order valence-corrected chi connectivity index (χ4v) is 6.91. The second kappa shape index (κ2) is 10.9. The van der Waals surface area contributed by atoms with E-state index in [-0.39, 0.29) is 11.8 Å². The first-order valence-corrected chi connectivity index (χ1v) is 14.2. The second-order valence-corrected chi connectivity index (χ2v) is 11.5. The molecule has 1 N–H and O–H groups in total. The molecule has 0 aliphatic carbocycles. The van der Waals surface area contributed by atoms with Gasteiger partial charge in [0.05, 0.1) is 52.5 Å². The number of aromatic nitrogens is 1. The first-order valence-electron chi connectivity index (χ1n) is 14.2. The summed E-state index contributed by atoms with van der Waals surface area (Å²) in [5.41, 5.74) is 0.503. The number of alkyl halides is 3. The van der Waals surface area contributed by atoms with Crippen LogP contribution in [0.15, 0.2) is 72.9 Å². The van der Waals surface area contributed by atoms with Gasteiger partial charge in [-0.2, -0.15) is 18.4 Å². The number of nitrogens with zero attached hydrogens (tertiary/aromatic N) is 3. The highest BCUT2D eigenvalue weighted by Crippen LogP contribution is 2.62.